The molecule has 0 saturated carbocycles. The first-order valence-corrected chi connectivity index (χ1v) is 8.84. The van der Waals surface area contributed by atoms with Crippen molar-refractivity contribution in [3.8, 4) is 0 Å². The molecule has 4 rings (SSSR count). The van der Waals surface area contributed by atoms with Crippen molar-refractivity contribution in [3.05, 3.63) is 77.2 Å². The Morgan fingerprint density at radius 3 is 2.62 bits per heavy atom. The van der Waals surface area contributed by atoms with E-state index in [1.54, 1.807) is 12.3 Å². The van der Waals surface area contributed by atoms with Gasteiger partial charge in [-0.25, -0.2) is 4.39 Å². The van der Waals surface area contributed by atoms with Gasteiger partial charge in [0.05, 0.1) is 16.8 Å². The summed E-state index contributed by atoms with van der Waals surface area (Å²) in [6.45, 7) is 5.55. The average Bonchev–Trinajstić information content (AvgIpc) is 2.64. The van der Waals surface area contributed by atoms with Gasteiger partial charge in [-0.1, -0.05) is 37.3 Å². The number of aromatic nitrogens is 1. The molecule has 0 amide bonds. The van der Waals surface area contributed by atoms with Crippen LogP contribution in [0.25, 0.3) is 10.9 Å². The first kappa shape index (κ1) is 16.9. The van der Waals surface area contributed by atoms with Crippen LogP contribution in [0.5, 0.6) is 0 Å². The third kappa shape index (κ3) is 2.29. The van der Waals surface area contributed by atoms with Crippen molar-refractivity contribution in [2.24, 2.45) is 4.99 Å². The molecule has 1 N–H and O–H groups in total. The zero-order valence-electron chi connectivity index (χ0n) is 15.1. The summed E-state index contributed by atoms with van der Waals surface area (Å²) in [5.74, 6) is -0.402. The molecule has 3 nitrogen and oxygen atoms in total. The minimum Gasteiger partial charge on any atom is -0.383 e. The van der Waals surface area contributed by atoms with Crippen molar-refractivity contribution in [2.75, 3.05) is 0 Å². The van der Waals surface area contributed by atoms with Gasteiger partial charge in [-0.05, 0) is 38.5 Å². The van der Waals surface area contributed by atoms with E-state index in [0.717, 1.165) is 16.5 Å². The zero-order chi connectivity index (χ0) is 18.5. The highest BCUT2D eigenvalue weighted by Crippen LogP contribution is 2.45. The Hall–Kier alpha value is -2.59. The van der Waals surface area contributed by atoms with Crippen LogP contribution in [0.2, 0.25) is 0 Å². The number of hydrogen-bond acceptors (Lipinski definition) is 3. The van der Waals surface area contributed by atoms with Crippen LogP contribution >= 0.6 is 0 Å². The lowest BCUT2D eigenvalue weighted by Gasteiger charge is -2.44. The van der Waals surface area contributed by atoms with Crippen molar-refractivity contribution < 1.29 is 9.50 Å². The lowest BCUT2D eigenvalue weighted by Crippen LogP contribution is -2.50. The van der Waals surface area contributed by atoms with Crippen molar-refractivity contribution in [2.45, 2.75) is 38.3 Å². The number of hydrogen-bond donors (Lipinski definition) is 1. The van der Waals surface area contributed by atoms with Crippen LogP contribution in [0, 0.1) is 5.82 Å². The van der Waals surface area contributed by atoms with Crippen molar-refractivity contribution >= 4 is 16.6 Å². The fraction of sp³-hybridized carbons (Fsp3) is 0.273. The fourth-order valence-electron chi connectivity index (χ4n) is 3.91. The Kier molecular flexibility index (Phi) is 3.70. The Bertz CT molecular complexity index is 1040. The molecule has 0 bridgehead atoms. The standard InChI is InChI=1S/C22H21FN2O/c1-4-22(26)19-16(9-7-10-17(19)23)20(25-21(22,2)3)15-12-14-8-5-6-11-18(14)24-13-15/h5-13,26H,4H2,1-3H3. The molecule has 1 aliphatic heterocycles. The van der Waals surface area contributed by atoms with Gasteiger partial charge in [0, 0.05) is 28.3 Å². The van der Waals surface area contributed by atoms with Crippen molar-refractivity contribution in [3.63, 3.8) is 0 Å². The number of aliphatic imine (C=N–C) groups is 1. The molecule has 132 valence electrons. The number of nitrogens with zero attached hydrogens (tertiary/aromatic N) is 2. The molecule has 2 heterocycles. The van der Waals surface area contributed by atoms with Gasteiger partial charge < -0.3 is 5.11 Å². The summed E-state index contributed by atoms with van der Waals surface area (Å²) < 4.78 is 14.8. The van der Waals surface area contributed by atoms with Gasteiger partial charge in [0.1, 0.15) is 11.4 Å². The summed E-state index contributed by atoms with van der Waals surface area (Å²) >= 11 is 0. The monoisotopic (exact) mass is 348 g/mol. The van der Waals surface area contributed by atoms with E-state index in [4.69, 9.17) is 4.99 Å². The summed E-state index contributed by atoms with van der Waals surface area (Å²) in [4.78, 5) is 9.38. The average molecular weight is 348 g/mol. The third-order valence-corrected chi connectivity index (χ3v) is 5.46. The molecule has 1 aliphatic rings. The molecule has 0 saturated heterocycles. The van der Waals surface area contributed by atoms with E-state index in [9.17, 15) is 9.50 Å². The second-order valence-electron chi connectivity index (χ2n) is 7.31. The number of para-hydroxylation sites is 1. The van der Waals surface area contributed by atoms with Gasteiger partial charge in [-0.3, -0.25) is 9.98 Å². The van der Waals surface area contributed by atoms with Crippen LogP contribution in [-0.2, 0) is 5.60 Å². The van der Waals surface area contributed by atoms with E-state index < -0.39 is 17.0 Å². The minimum atomic E-state index is -1.36. The molecule has 2 aromatic carbocycles. The number of rotatable bonds is 2. The Balaban J connectivity index is 2.01. The Morgan fingerprint density at radius 2 is 1.85 bits per heavy atom. The summed E-state index contributed by atoms with van der Waals surface area (Å²) in [5, 5.41) is 12.3. The molecule has 0 spiro atoms. The Labute approximate surface area is 152 Å². The molecule has 0 radical (unpaired) electrons. The molecule has 3 aromatic rings. The maximum absolute atomic E-state index is 14.8. The fourth-order valence-corrected chi connectivity index (χ4v) is 3.91. The number of halogens is 1. The van der Waals surface area contributed by atoms with Crippen LogP contribution in [0.1, 0.15) is 43.9 Å². The maximum Gasteiger partial charge on any atom is 0.130 e. The molecular formula is C22H21FN2O. The van der Waals surface area contributed by atoms with Gasteiger partial charge in [0.25, 0.3) is 0 Å². The largest absolute Gasteiger partial charge is 0.383 e. The van der Waals surface area contributed by atoms with E-state index in [2.05, 4.69) is 4.98 Å². The Morgan fingerprint density at radius 1 is 1.08 bits per heavy atom. The van der Waals surface area contributed by atoms with E-state index in [1.807, 2.05) is 57.2 Å². The molecule has 1 aromatic heterocycles. The van der Waals surface area contributed by atoms with Gasteiger partial charge in [0.15, 0.2) is 0 Å². The summed E-state index contributed by atoms with van der Waals surface area (Å²) in [6, 6.07) is 14.8. The van der Waals surface area contributed by atoms with E-state index in [-0.39, 0.29) is 0 Å². The molecular weight excluding hydrogens is 327 g/mol. The van der Waals surface area contributed by atoms with E-state index in [1.165, 1.54) is 6.07 Å². The molecule has 26 heavy (non-hydrogen) atoms. The highest BCUT2D eigenvalue weighted by molar-refractivity contribution is 6.15. The number of benzene rings is 2. The van der Waals surface area contributed by atoms with Gasteiger partial charge in [-0.2, -0.15) is 0 Å². The van der Waals surface area contributed by atoms with Crippen molar-refractivity contribution in [1.82, 2.24) is 4.98 Å². The number of aliphatic hydroxyl groups is 1. The lowest BCUT2D eigenvalue weighted by atomic mass is 9.70. The normalized spacial score (nSPS) is 21.3. The van der Waals surface area contributed by atoms with Crippen LogP contribution in [0.3, 0.4) is 0 Å². The predicted molar refractivity (Wildman–Crippen MR) is 102 cm³/mol. The summed E-state index contributed by atoms with van der Waals surface area (Å²) in [7, 11) is 0. The maximum atomic E-state index is 14.8. The zero-order valence-corrected chi connectivity index (χ0v) is 15.1. The van der Waals surface area contributed by atoms with Gasteiger partial charge in [-0.15, -0.1) is 0 Å². The first-order valence-electron chi connectivity index (χ1n) is 8.84. The topological polar surface area (TPSA) is 45.5 Å². The SMILES string of the molecule is CCC1(O)c2c(F)cccc2C(c2cnc3ccccc3c2)=NC1(C)C. The van der Waals surface area contributed by atoms with Crippen LogP contribution in [-0.4, -0.2) is 21.3 Å². The first-order chi connectivity index (χ1) is 12.4. The van der Waals surface area contributed by atoms with Crippen LogP contribution < -0.4 is 0 Å². The van der Waals surface area contributed by atoms with Gasteiger partial charge in [0.2, 0.25) is 0 Å². The highest BCUT2D eigenvalue weighted by atomic mass is 19.1. The minimum absolute atomic E-state index is 0.325. The number of pyridine rings is 1. The molecule has 1 atom stereocenters. The quantitative estimate of drug-likeness (QED) is 0.735. The lowest BCUT2D eigenvalue weighted by molar-refractivity contribution is -0.0344. The summed E-state index contributed by atoms with van der Waals surface area (Å²) in [6.07, 6.45) is 2.14. The highest BCUT2D eigenvalue weighted by Gasteiger charge is 2.50. The van der Waals surface area contributed by atoms with E-state index in [0.29, 0.717) is 23.3 Å². The smallest absolute Gasteiger partial charge is 0.130 e. The summed E-state index contributed by atoms with van der Waals surface area (Å²) in [5.41, 5.74) is 1.12. The predicted octanol–water partition coefficient (Wildman–Crippen LogP) is 4.60. The van der Waals surface area contributed by atoms with Crippen molar-refractivity contribution in [1.29, 1.82) is 0 Å². The van der Waals surface area contributed by atoms with Gasteiger partial charge >= 0.3 is 0 Å². The second-order valence-corrected chi connectivity index (χ2v) is 7.31. The van der Waals surface area contributed by atoms with Crippen LogP contribution in [0.4, 0.5) is 4.39 Å². The second kappa shape index (κ2) is 5.71. The molecule has 0 aliphatic carbocycles. The number of fused-ring (bicyclic) bond motifs is 2. The molecule has 0 fully saturated rings. The van der Waals surface area contributed by atoms with Crippen LogP contribution in [0.15, 0.2) is 59.7 Å². The van der Waals surface area contributed by atoms with E-state index >= 15 is 0 Å². The third-order valence-electron chi connectivity index (χ3n) is 5.46. The molecule has 4 heteroatoms. The molecule has 1 unspecified atom stereocenters.